The zero-order valence-corrected chi connectivity index (χ0v) is 16.7. The molecule has 0 radical (unpaired) electrons. The molecule has 1 aliphatic rings. The molecule has 0 aliphatic carbocycles. The molecule has 0 unspecified atom stereocenters. The summed E-state index contributed by atoms with van der Waals surface area (Å²) >= 11 is 7.33. The van der Waals surface area contributed by atoms with Crippen LogP contribution in [0.3, 0.4) is 0 Å². The largest absolute Gasteiger partial charge is 0.496 e. The van der Waals surface area contributed by atoms with Crippen LogP contribution in [0.15, 0.2) is 18.2 Å². The van der Waals surface area contributed by atoms with Crippen LogP contribution in [0.4, 0.5) is 4.39 Å². The van der Waals surface area contributed by atoms with Crippen LogP contribution in [0.25, 0.3) is 11.3 Å². The first-order chi connectivity index (χ1) is 12.6. The van der Waals surface area contributed by atoms with Gasteiger partial charge >= 0.3 is 0 Å². The summed E-state index contributed by atoms with van der Waals surface area (Å²) in [6.45, 7) is 3.81. The van der Waals surface area contributed by atoms with Gasteiger partial charge in [0.1, 0.15) is 16.6 Å². The van der Waals surface area contributed by atoms with Crippen LogP contribution in [-0.4, -0.2) is 30.6 Å². The van der Waals surface area contributed by atoms with E-state index in [-0.39, 0.29) is 5.82 Å². The van der Waals surface area contributed by atoms with E-state index >= 15 is 0 Å². The van der Waals surface area contributed by atoms with Gasteiger partial charge < -0.3 is 15.4 Å². The monoisotopic (exact) mass is 391 g/mol. The molecule has 1 aromatic heterocycles. The van der Waals surface area contributed by atoms with Gasteiger partial charge in [-0.15, -0.1) is 11.3 Å². The summed E-state index contributed by atoms with van der Waals surface area (Å²) in [5.74, 6) is 0.126. The van der Waals surface area contributed by atoms with Crippen LogP contribution in [-0.2, 0) is 13.0 Å². The SMILES string of the molecule is CCC(=S)C(=C(NC)c1nc2c(s1)CNCC2)c1ccc(F)cc1OC. The molecule has 0 fully saturated rings. The number of thiazole rings is 1. The predicted molar refractivity (Wildman–Crippen MR) is 109 cm³/mol. The number of ether oxygens (including phenoxy) is 1. The maximum absolute atomic E-state index is 13.7. The number of nitrogens with one attached hydrogen (secondary N) is 2. The van der Waals surface area contributed by atoms with Crippen molar-refractivity contribution in [2.24, 2.45) is 0 Å². The first-order valence-electron chi connectivity index (χ1n) is 8.57. The fourth-order valence-electron chi connectivity index (χ4n) is 3.04. The third-order valence-corrected chi connectivity index (χ3v) is 5.96. The lowest BCUT2D eigenvalue weighted by Crippen LogP contribution is -2.22. The van der Waals surface area contributed by atoms with Gasteiger partial charge in [-0.25, -0.2) is 9.37 Å². The smallest absolute Gasteiger partial charge is 0.140 e. The molecule has 1 aliphatic heterocycles. The molecule has 0 bridgehead atoms. The van der Waals surface area contributed by atoms with E-state index in [9.17, 15) is 4.39 Å². The van der Waals surface area contributed by atoms with Gasteiger partial charge in [0, 0.05) is 53.5 Å². The minimum atomic E-state index is -0.339. The Kier molecular flexibility index (Phi) is 6.01. The summed E-state index contributed by atoms with van der Waals surface area (Å²) in [4.78, 5) is 6.88. The van der Waals surface area contributed by atoms with Gasteiger partial charge in [-0.05, 0) is 18.6 Å². The van der Waals surface area contributed by atoms with E-state index in [1.165, 1.54) is 24.1 Å². The lowest BCUT2D eigenvalue weighted by molar-refractivity contribution is 0.410. The fraction of sp³-hybridized carbons (Fsp3) is 0.368. The van der Waals surface area contributed by atoms with Crippen LogP contribution < -0.4 is 15.4 Å². The molecular formula is C19H22FN3OS2. The number of thiocarbonyl (C=S) groups is 1. The van der Waals surface area contributed by atoms with Crippen molar-refractivity contribution in [1.29, 1.82) is 0 Å². The Hall–Kier alpha value is -1.83. The number of nitrogens with zero attached hydrogens (tertiary/aromatic N) is 1. The Labute approximate surface area is 162 Å². The molecule has 2 aromatic rings. The maximum Gasteiger partial charge on any atom is 0.140 e. The summed E-state index contributed by atoms with van der Waals surface area (Å²) < 4.78 is 19.1. The van der Waals surface area contributed by atoms with Crippen LogP contribution in [0.2, 0.25) is 0 Å². The van der Waals surface area contributed by atoms with Crippen molar-refractivity contribution in [3.63, 3.8) is 0 Å². The summed E-state index contributed by atoms with van der Waals surface area (Å²) in [5.41, 5.74) is 3.63. The van der Waals surface area contributed by atoms with Crippen LogP contribution in [0.5, 0.6) is 5.75 Å². The molecule has 7 heteroatoms. The summed E-state index contributed by atoms with van der Waals surface area (Å²) in [5, 5.41) is 7.56. The topological polar surface area (TPSA) is 46.2 Å². The van der Waals surface area contributed by atoms with Gasteiger partial charge in [0.2, 0.25) is 0 Å². The minimum absolute atomic E-state index is 0.339. The zero-order chi connectivity index (χ0) is 18.7. The lowest BCUT2D eigenvalue weighted by Gasteiger charge is -2.17. The molecule has 2 heterocycles. The normalized spacial score (nSPS) is 14.5. The van der Waals surface area contributed by atoms with Crippen LogP contribution in [0, 0.1) is 5.82 Å². The van der Waals surface area contributed by atoms with Crippen molar-refractivity contribution in [3.8, 4) is 5.75 Å². The Morgan fingerprint density at radius 1 is 1.46 bits per heavy atom. The van der Waals surface area contributed by atoms with Crippen LogP contribution in [0.1, 0.15) is 34.5 Å². The lowest BCUT2D eigenvalue weighted by atomic mass is 9.97. The number of aromatic nitrogens is 1. The quantitative estimate of drug-likeness (QED) is 0.579. The molecule has 0 spiro atoms. The Morgan fingerprint density at radius 3 is 2.92 bits per heavy atom. The molecule has 0 saturated heterocycles. The maximum atomic E-state index is 13.7. The number of hydrogen-bond donors (Lipinski definition) is 2. The van der Waals surface area contributed by atoms with Gasteiger partial charge in [-0.1, -0.05) is 19.1 Å². The number of rotatable bonds is 6. The van der Waals surface area contributed by atoms with Gasteiger partial charge in [-0.2, -0.15) is 0 Å². The van der Waals surface area contributed by atoms with Crippen LogP contribution >= 0.6 is 23.6 Å². The van der Waals surface area contributed by atoms with Crippen molar-refractivity contribution >= 4 is 39.7 Å². The molecule has 4 nitrogen and oxygen atoms in total. The molecular weight excluding hydrogens is 369 g/mol. The van der Waals surface area contributed by atoms with E-state index in [1.54, 1.807) is 17.4 Å². The van der Waals surface area contributed by atoms with Crippen molar-refractivity contribution in [2.75, 3.05) is 20.7 Å². The fourth-order valence-corrected chi connectivity index (χ4v) is 4.39. The van der Waals surface area contributed by atoms with Gasteiger partial charge in [0.15, 0.2) is 0 Å². The van der Waals surface area contributed by atoms with E-state index in [2.05, 4.69) is 10.6 Å². The Balaban J connectivity index is 2.21. The van der Waals surface area contributed by atoms with E-state index in [0.717, 1.165) is 51.9 Å². The number of benzene rings is 1. The summed E-state index contributed by atoms with van der Waals surface area (Å²) in [7, 11) is 3.40. The van der Waals surface area contributed by atoms with Crippen molar-refractivity contribution in [1.82, 2.24) is 15.6 Å². The summed E-state index contributed by atoms with van der Waals surface area (Å²) in [6.07, 6.45) is 1.62. The molecule has 3 rings (SSSR count). The minimum Gasteiger partial charge on any atom is -0.496 e. The molecule has 26 heavy (non-hydrogen) atoms. The first kappa shape index (κ1) is 18.9. The second-order valence-electron chi connectivity index (χ2n) is 5.94. The standard InChI is InChI=1S/C19H22FN3OS2/c1-4-15(25)17(12-6-5-11(20)9-14(12)24-3)18(21-2)19-23-13-7-8-22-10-16(13)26-19/h5-6,9,21-22H,4,7-8,10H2,1-3H3. The zero-order valence-electron chi connectivity index (χ0n) is 15.1. The van der Waals surface area contributed by atoms with E-state index < -0.39 is 0 Å². The van der Waals surface area contributed by atoms with Crippen molar-refractivity contribution < 1.29 is 9.13 Å². The number of allylic oxidation sites excluding steroid dienone is 1. The molecule has 0 amide bonds. The average molecular weight is 392 g/mol. The number of fused-ring (bicyclic) bond motifs is 1. The van der Waals surface area contributed by atoms with Gasteiger partial charge in [-0.3, -0.25) is 0 Å². The van der Waals surface area contributed by atoms with Crippen molar-refractivity contribution in [3.05, 3.63) is 45.2 Å². The highest BCUT2D eigenvalue weighted by Gasteiger charge is 2.23. The Bertz CT molecular complexity index is 837. The molecule has 0 atom stereocenters. The highest BCUT2D eigenvalue weighted by atomic mass is 32.1. The second kappa shape index (κ2) is 8.24. The highest BCUT2D eigenvalue weighted by Crippen LogP contribution is 2.36. The molecule has 1 aromatic carbocycles. The number of hydrogen-bond acceptors (Lipinski definition) is 6. The summed E-state index contributed by atoms with van der Waals surface area (Å²) in [6, 6.07) is 4.54. The molecule has 2 N–H and O–H groups in total. The third-order valence-electron chi connectivity index (χ3n) is 4.35. The number of halogens is 1. The van der Waals surface area contributed by atoms with E-state index in [0.29, 0.717) is 12.2 Å². The third kappa shape index (κ3) is 3.65. The van der Waals surface area contributed by atoms with E-state index in [1.807, 2.05) is 14.0 Å². The second-order valence-corrected chi connectivity index (χ2v) is 7.51. The van der Waals surface area contributed by atoms with E-state index in [4.69, 9.17) is 21.9 Å². The molecule has 138 valence electrons. The van der Waals surface area contributed by atoms with Gasteiger partial charge in [0.25, 0.3) is 0 Å². The molecule has 0 saturated carbocycles. The predicted octanol–water partition coefficient (Wildman–Crippen LogP) is 3.80. The number of methoxy groups -OCH3 is 1. The highest BCUT2D eigenvalue weighted by molar-refractivity contribution is 7.81. The first-order valence-corrected chi connectivity index (χ1v) is 9.80. The van der Waals surface area contributed by atoms with Crippen molar-refractivity contribution in [2.45, 2.75) is 26.3 Å². The Morgan fingerprint density at radius 2 is 2.27 bits per heavy atom. The van der Waals surface area contributed by atoms with Gasteiger partial charge in [0.05, 0.1) is 18.5 Å². The average Bonchev–Trinajstić information content (AvgIpc) is 3.09.